The number of rotatable bonds is 2. The molecule has 1 aliphatic rings. The van der Waals surface area contributed by atoms with Gasteiger partial charge in [0.05, 0.1) is 11.2 Å². The number of hydrogen-bond acceptors (Lipinski definition) is 3. The van der Waals surface area contributed by atoms with E-state index in [2.05, 4.69) is 0 Å². The molecule has 2 rings (SSSR count). The lowest BCUT2D eigenvalue weighted by Gasteiger charge is -2.32. The fraction of sp³-hybridized carbons (Fsp3) is 0.556. The van der Waals surface area contributed by atoms with Gasteiger partial charge in [-0.05, 0) is 56.4 Å². The van der Waals surface area contributed by atoms with E-state index in [0.717, 1.165) is 5.56 Å². The average Bonchev–Trinajstić information content (AvgIpc) is 2.57. The van der Waals surface area contributed by atoms with Crippen LogP contribution < -0.4 is 0 Å². The molecular formula is C18H26BFO3. The van der Waals surface area contributed by atoms with Crippen molar-refractivity contribution >= 4 is 13.2 Å². The number of aromatic hydroxyl groups is 1. The third-order valence-electron chi connectivity index (χ3n) is 4.61. The zero-order chi connectivity index (χ0) is 17.6. The van der Waals surface area contributed by atoms with Gasteiger partial charge < -0.3 is 14.4 Å². The van der Waals surface area contributed by atoms with Crippen molar-refractivity contribution < 1.29 is 18.8 Å². The summed E-state index contributed by atoms with van der Waals surface area (Å²) >= 11 is 0. The van der Waals surface area contributed by atoms with Gasteiger partial charge in [0.25, 0.3) is 0 Å². The Bertz CT molecular complexity index is 614. The van der Waals surface area contributed by atoms with Gasteiger partial charge >= 0.3 is 7.12 Å². The van der Waals surface area contributed by atoms with Crippen LogP contribution in [-0.4, -0.2) is 23.4 Å². The minimum Gasteiger partial charge on any atom is -0.508 e. The lowest BCUT2D eigenvalue weighted by molar-refractivity contribution is 0.00578. The normalized spacial score (nSPS) is 20.9. The highest BCUT2D eigenvalue weighted by molar-refractivity contribution is 6.54. The minimum atomic E-state index is -1.02. The van der Waals surface area contributed by atoms with Crippen LogP contribution in [0.1, 0.15) is 59.6 Å². The third kappa shape index (κ3) is 3.61. The smallest absolute Gasteiger partial charge is 0.508 e. The molecule has 0 radical (unpaired) electrons. The summed E-state index contributed by atoms with van der Waals surface area (Å²) in [5, 5.41) is 10.2. The van der Waals surface area contributed by atoms with Gasteiger partial charge in [-0.15, -0.1) is 0 Å². The molecule has 0 saturated carbocycles. The van der Waals surface area contributed by atoms with E-state index < -0.39 is 24.0 Å². The molecule has 1 aromatic carbocycles. The van der Waals surface area contributed by atoms with Gasteiger partial charge in [0.2, 0.25) is 0 Å². The number of phenolic OH excluding ortho intramolecular Hbond substituents is 1. The molecule has 1 fully saturated rings. The number of phenols is 1. The molecule has 23 heavy (non-hydrogen) atoms. The van der Waals surface area contributed by atoms with Gasteiger partial charge in [-0.25, -0.2) is 4.39 Å². The maximum Gasteiger partial charge on any atom is 0.525 e. The highest BCUT2D eigenvalue weighted by Gasteiger charge is 2.53. The van der Waals surface area contributed by atoms with Crippen LogP contribution in [0.5, 0.6) is 5.75 Å². The summed E-state index contributed by atoms with van der Waals surface area (Å²) in [7, 11) is -1.02. The molecule has 0 amide bonds. The Morgan fingerprint density at radius 2 is 1.65 bits per heavy atom. The molecule has 0 aromatic heterocycles. The van der Waals surface area contributed by atoms with Crippen LogP contribution in [-0.2, 0) is 14.7 Å². The topological polar surface area (TPSA) is 38.7 Å². The molecule has 0 unspecified atom stereocenters. The monoisotopic (exact) mass is 320 g/mol. The van der Waals surface area contributed by atoms with Gasteiger partial charge in [-0.2, -0.15) is 0 Å². The second kappa shape index (κ2) is 5.64. The third-order valence-corrected chi connectivity index (χ3v) is 4.61. The molecule has 5 heteroatoms. The van der Waals surface area contributed by atoms with Gasteiger partial charge in [-0.3, -0.25) is 0 Å². The Kier molecular flexibility index (Phi) is 4.42. The van der Waals surface area contributed by atoms with Crippen molar-refractivity contribution in [3.05, 3.63) is 35.1 Å². The molecule has 1 saturated heterocycles. The van der Waals surface area contributed by atoms with Crippen LogP contribution in [0.2, 0.25) is 0 Å². The second-order valence-electron chi connectivity index (χ2n) is 8.14. The van der Waals surface area contributed by atoms with Crippen molar-refractivity contribution in [3.8, 4) is 5.75 Å². The molecule has 1 aromatic rings. The van der Waals surface area contributed by atoms with Crippen LogP contribution in [0.15, 0.2) is 23.9 Å². The van der Waals surface area contributed by atoms with Crippen molar-refractivity contribution in [1.82, 2.24) is 0 Å². The highest BCUT2D eigenvalue weighted by atomic mass is 19.1. The number of hydrogen-bond donors (Lipinski definition) is 1. The number of halogens is 1. The molecule has 3 nitrogen and oxygen atoms in total. The van der Waals surface area contributed by atoms with E-state index in [1.165, 1.54) is 6.08 Å². The Labute approximate surface area is 138 Å². The largest absolute Gasteiger partial charge is 0.525 e. The minimum absolute atomic E-state index is 0.160. The number of benzene rings is 1. The highest BCUT2D eigenvalue weighted by Crippen LogP contribution is 2.39. The molecule has 0 aliphatic carbocycles. The van der Waals surface area contributed by atoms with Crippen molar-refractivity contribution in [2.24, 2.45) is 0 Å². The van der Waals surface area contributed by atoms with Gasteiger partial charge in [0.15, 0.2) is 0 Å². The maximum absolute atomic E-state index is 14.5. The second-order valence-corrected chi connectivity index (χ2v) is 8.14. The molecule has 0 bridgehead atoms. The summed E-state index contributed by atoms with van der Waals surface area (Å²) in [4.78, 5) is 0. The van der Waals surface area contributed by atoms with E-state index in [0.29, 0.717) is 5.56 Å². The average molecular weight is 320 g/mol. The lowest BCUT2D eigenvalue weighted by atomic mass is 9.84. The first-order valence-electron chi connectivity index (χ1n) is 7.90. The van der Waals surface area contributed by atoms with E-state index in [4.69, 9.17) is 9.31 Å². The van der Waals surface area contributed by atoms with Crippen molar-refractivity contribution in [2.45, 2.75) is 65.1 Å². The zero-order valence-electron chi connectivity index (χ0n) is 15.0. The molecule has 126 valence electrons. The Hall–Kier alpha value is -1.33. The molecule has 1 N–H and O–H groups in total. The van der Waals surface area contributed by atoms with Gasteiger partial charge in [0.1, 0.15) is 11.5 Å². The predicted molar refractivity (Wildman–Crippen MR) is 92.0 cm³/mol. The molecule has 0 spiro atoms. The summed E-state index contributed by atoms with van der Waals surface area (Å²) in [6.45, 7) is 13.6. The molecule has 1 aliphatic heterocycles. The van der Waals surface area contributed by atoms with Crippen LogP contribution in [0.3, 0.4) is 0 Å². The fourth-order valence-electron chi connectivity index (χ4n) is 2.46. The van der Waals surface area contributed by atoms with Crippen LogP contribution in [0.4, 0.5) is 4.39 Å². The summed E-state index contributed by atoms with van der Waals surface area (Å²) in [6, 6.07) is 5.16. The van der Waals surface area contributed by atoms with E-state index >= 15 is 0 Å². The fourth-order valence-corrected chi connectivity index (χ4v) is 2.46. The molecular weight excluding hydrogens is 294 g/mol. The lowest BCUT2D eigenvalue weighted by Crippen LogP contribution is -2.41. The first-order chi connectivity index (χ1) is 10.3. The van der Waals surface area contributed by atoms with E-state index in [9.17, 15) is 9.50 Å². The maximum atomic E-state index is 14.5. The van der Waals surface area contributed by atoms with Gasteiger partial charge in [0, 0.05) is 0 Å². The van der Waals surface area contributed by atoms with E-state index in [1.807, 2.05) is 54.5 Å². The SMILES string of the molecule is CC(C)(C)c1ccc(C=C(F)B2OC(C)(C)C(C)(C)O2)cc1O. The molecule has 1 heterocycles. The first kappa shape index (κ1) is 18.0. The van der Waals surface area contributed by atoms with Crippen LogP contribution in [0.25, 0.3) is 6.08 Å². The summed E-state index contributed by atoms with van der Waals surface area (Å²) < 4.78 is 25.8. The zero-order valence-corrected chi connectivity index (χ0v) is 15.0. The molecule has 0 atom stereocenters. The summed E-state index contributed by atoms with van der Waals surface area (Å²) in [5.41, 5.74) is -0.446. The van der Waals surface area contributed by atoms with E-state index in [1.54, 1.807) is 12.1 Å². The Morgan fingerprint density at radius 3 is 2.09 bits per heavy atom. The Balaban J connectivity index is 2.25. The first-order valence-corrected chi connectivity index (χ1v) is 7.90. The van der Waals surface area contributed by atoms with Gasteiger partial charge in [-0.1, -0.05) is 32.9 Å². The van der Waals surface area contributed by atoms with E-state index in [-0.39, 0.29) is 11.2 Å². The summed E-state index contributed by atoms with van der Waals surface area (Å²) in [5.74, 6) is 0.160. The van der Waals surface area contributed by atoms with Crippen molar-refractivity contribution in [2.75, 3.05) is 0 Å². The predicted octanol–water partition coefficient (Wildman–Crippen LogP) is 4.63. The van der Waals surface area contributed by atoms with Crippen LogP contribution >= 0.6 is 0 Å². The summed E-state index contributed by atoms with van der Waals surface area (Å²) in [6.07, 6.45) is 1.34. The van der Waals surface area contributed by atoms with Crippen molar-refractivity contribution in [3.63, 3.8) is 0 Å². The quantitative estimate of drug-likeness (QED) is 0.807. The van der Waals surface area contributed by atoms with Crippen LogP contribution in [0, 0.1) is 0 Å². The Morgan fingerprint density at radius 1 is 1.13 bits per heavy atom. The standard InChI is InChI=1S/C18H26BFO3/c1-16(2,3)13-9-8-12(10-14(13)21)11-15(20)19-22-17(4,5)18(6,7)23-19/h8-11,21H,1-7H3. The van der Waals surface area contributed by atoms with Crippen molar-refractivity contribution in [1.29, 1.82) is 0 Å².